The summed E-state index contributed by atoms with van der Waals surface area (Å²) in [6, 6.07) is 0. The molecule has 2 aliphatic rings. The van der Waals surface area contributed by atoms with E-state index in [9.17, 15) is 8.42 Å². The average Bonchev–Trinajstić information content (AvgIpc) is 2.70. The second-order valence-corrected chi connectivity index (χ2v) is 9.20. The second-order valence-electron chi connectivity index (χ2n) is 7.45. The van der Waals surface area contributed by atoms with Crippen LogP contribution < -0.4 is 16.2 Å². The first-order chi connectivity index (χ1) is 10.5. The van der Waals surface area contributed by atoms with Gasteiger partial charge in [0, 0.05) is 30.7 Å². The van der Waals surface area contributed by atoms with Crippen molar-refractivity contribution in [3.63, 3.8) is 0 Å². The minimum absolute atomic E-state index is 0.00614. The fourth-order valence-electron chi connectivity index (χ4n) is 3.31. The highest BCUT2D eigenvalue weighted by Crippen LogP contribution is 2.32. The highest BCUT2D eigenvalue weighted by molar-refractivity contribution is 7.87. The van der Waals surface area contributed by atoms with Gasteiger partial charge in [-0.3, -0.25) is 0 Å². The Kier molecular flexibility index (Phi) is 5.77. The minimum Gasteiger partial charge on any atom is -0.427 e. The molecule has 1 aliphatic carbocycles. The van der Waals surface area contributed by atoms with Crippen LogP contribution in [0.3, 0.4) is 0 Å². The van der Waals surface area contributed by atoms with Gasteiger partial charge in [0.1, 0.15) is 0 Å². The Bertz CT molecular complexity index is 510. The summed E-state index contributed by atoms with van der Waals surface area (Å²) >= 11 is 0. The number of nitrogens with zero attached hydrogens (tertiary/aromatic N) is 1. The molecule has 8 nitrogen and oxygen atoms in total. The summed E-state index contributed by atoms with van der Waals surface area (Å²) in [5.74, 6) is -0.00614. The van der Waals surface area contributed by atoms with E-state index >= 15 is 0 Å². The zero-order valence-corrected chi connectivity index (χ0v) is 14.6. The summed E-state index contributed by atoms with van der Waals surface area (Å²) < 4.78 is 28.9. The first kappa shape index (κ1) is 19.1. The van der Waals surface area contributed by atoms with Gasteiger partial charge in [0.15, 0.2) is 0 Å². The van der Waals surface area contributed by atoms with Crippen molar-refractivity contribution in [2.24, 2.45) is 17.4 Å². The normalized spacial score (nSPS) is 31.1. The van der Waals surface area contributed by atoms with Crippen LogP contribution in [0.1, 0.15) is 39.0 Å². The fraction of sp³-hybridized carbons (Fsp3) is 1.00. The van der Waals surface area contributed by atoms with Crippen molar-refractivity contribution >= 4 is 17.3 Å². The molecule has 0 unspecified atom stereocenters. The van der Waals surface area contributed by atoms with Crippen molar-refractivity contribution < 1.29 is 18.5 Å². The molecule has 0 amide bonds. The lowest BCUT2D eigenvalue weighted by molar-refractivity contribution is 0.249. The first-order valence-corrected chi connectivity index (χ1v) is 9.67. The van der Waals surface area contributed by atoms with Gasteiger partial charge >= 0.3 is 7.12 Å². The number of hydrogen-bond acceptors (Lipinski definition) is 6. The van der Waals surface area contributed by atoms with Gasteiger partial charge in [-0.05, 0) is 44.8 Å². The molecule has 10 heteroatoms. The smallest absolute Gasteiger partial charge is 0.427 e. The van der Waals surface area contributed by atoms with E-state index in [4.69, 9.17) is 21.5 Å². The predicted molar refractivity (Wildman–Crippen MR) is 89.6 cm³/mol. The molecule has 0 spiro atoms. The van der Waals surface area contributed by atoms with E-state index in [1.807, 2.05) is 6.92 Å². The van der Waals surface area contributed by atoms with E-state index in [0.29, 0.717) is 19.4 Å². The van der Waals surface area contributed by atoms with Gasteiger partial charge in [0.2, 0.25) is 0 Å². The number of rotatable bonds is 8. The standard InChI is InChI=1S/C13H29BN4O4S/c1-12(15)10-18(8-11(12)4-2-7-14(19)20)23(21,22)17-9-13(16)5-3-6-13/h11,17,19-20H,2-10,15-16H2,1H3/t11-,12-/m0/s1. The summed E-state index contributed by atoms with van der Waals surface area (Å²) in [5.41, 5.74) is 11.3. The molecule has 0 radical (unpaired) electrons. The van der Waals surface area contributed by atoms with E-state index in [0.717, 1.165) is 19.3 Å². The van der Waals surface area contributed by atoms with E-state index in [-0.39, 0.29) is 25.3 Å². The Hall–Kier alpha value is -0.225. The van der Waals surface area contributed by atoms with Crippen LogP contribution in [-0.2, 0) is 10.2 Å². The van der Waals surface area contributed by atoms with Crippen LogP contribution in [0.4, 0.5) is 0 Å². The third kappa shape index (κ3) is 4.88. The lowest BCUT2D eigenvalue weighted by Crippen LogP contribution is -2.56. The van der Waals surface area contributed by atoms with Crippen molar-refractivity contribution in [3.8, 4) is 0 Å². The molecule has 1 saturated carbocycles. The third-order valence-corrected chi connectivity index (χ3v) is 6.65. The molecule has 0 aromatic rings. The Morgan fingerprint density at radius 2 is 2.00 bits per heavy atom. The fourth-order valence-corrected chi connectivity index (χ4v) is 4.79. The second kappa shape index (κ2) is 6.95. The molecule has 7 N–H and O–H groups in total. The van der Waals surface area contributed by atoms with E-state index in [2.05, 4.69) is 4.72 Å². The summed E-state index contributed by atoms with van der Waals surface area (Å²) in [6.45, 7) is 2.71. The molecular weight excluding hydrogens is 319 g/mol. The number of nitrogens with two attached hydrogens (primary N) is 2. The molecule has 0 bridgehead atoms. The topological polar surface area (TPSA) is 142 Å². The molecule has 2 rings (SSSR count). The third-order valence-electron chi connectivity index (χ3n) is 5.18. The lowest BCUT2D eigenvalue weighted by Gasteiger charge is -2.38. The Balaban J connectivity index is 1.89. The summed E-state index contributed by atoms with van der Waals surface area (Å²) in [6.07, 6.45) is 4.27. The van der Waals surface area contributed by atoms with Crippen molar-refractivity contribution in [1.82, 2.24) is 9.03 Å². The Morgan fingerprint density at radius 1 is 1.35 bits per heavy atom. The van der Waals surface area contributed by atoms with Gasteiger partial charge in [0.05, 0.1) is 0 Å². The molecule has 2 atom stereocenters. The van der Waals surface area contributed by atoms with Crippen LogP contribution in [0.15, 0.2) is 0 Å². The average molecular weight is 348 g/mol. The molecule has 1 aliphatic heterocycles. The van der Waals surface area contributed by atoms with E-state index in [1.54, 1.807) is 0 Å². The maximum Gasteiger partial charge on any atom is 0.451 e. The number of hydrogen-bond donors (Lipinski definition) is 5. The van der Waals surface area contributed by atoms with Gasteiger partial charge < -0.3 is 21.5 Å². The Morgan fingerprint density at radius 3 is 2.52 bits per heavy atom. The minimum atomic E-state index is -3.59. The van der Waals surface area contributed by atoms with E-state index in [1.165, 1.54) is 4.31 Å². The van der Waals surface area contributed by atoms with Gasteiger partial charge in [-0.1, -0.05) is 6.42 Å². The van der Waals surface area contributed by atoms with E-state index < -0.39 is 28.4 Å². The van der Waals surface area contributed by atoms with Crippen molar-refractivity contribution in [2.75, 3.05) is 19.6 Å². The molecule has 23 heavy (non-hydrogen) atoms. The molecule has 0 aromatic carbocycles. The molecule has 1 saturated heterocycles. The zero-order chi connectivity index (χ0) is 17.3. The molecule has 2 fully saturated rings. The number of nitrogens with one attached hydrogen (secondary N) is 1. The summed E-state index contributed by atoms with van der Waals surface area (Å²) in [4.78, 5) is 0. The monoisotopic (exact) mass is 348 g/mol. The van der Waals surface area contributed by atoms with Crippen LogP contribution in [0, 0.1) is 5.92 Å². The lowest BCUT2D eigenvalue weighted by atomic mass is 9.78. The largest absolute Gasteiger partial charge is 0.451 e. The summed E-state index contributed by atoms with van der Waals surface area (Å²) in [5, 5.41) is 17.8. The van der Waals surface area contributed by atoms with Gasteiger partial charge in [-0.15, -0.1) is 0 Å². The van der Waals surface area contributed by atoms with Crippen LogP contribution in [0.2, 0.25) is 6.32 Å². The molecule has 134 valence electrons. The van der Waals surface area contributed by atoms with Crippen molar-refractivity contribution in [3.05, 3.63) is 0 Å². The SMILES string of the molecule is C[C@]1(N)CN(S(=O)(=O)NCC2(N)CCC2)C[C@@H]1CCCB(O)O. The van der Waals surface area contributed by atoms with Crippen molar-refractivity contribution in [1.29, 1.82) is 0 Å². The summed E-state index contributed by atoms with van der Waals surface area (Å²) in [7, 11) is -4.92. The van der Waals surface area contributed by atoms with Crippen molar-refractivity contribution in [2.45, 2.75) is 56.4 Å². The van der Waals surface area contributed by atoms with Gasteiger partial charge in [-0.25, -0.2) is 4.72 Å². The molecule has 1 heterocycles. The highest BCUT2D eigenvalue weighted by Gasteiger charge is 2.44. The zero-order valence-electron chi connectivity index (χ0n) is 13.7. The van der Waals surface area contributed by atoms with Crippen LogP contribution >= 0.6 is 0 Å². The quantitative estimate of drug-likeness (QED) is 0.342. The molecular formula is C13H29BN4O4S. The Labute approximate surface area is 138 Å². The maximum atomic E-state index is 12.5. The van der Waals surface area contributed by atoms with Gasteiger partial charge in [-0.2, -0.15) is 12.7 Å². The molecule has 0 aromatic heterocycles. The van der Waals surface area contributed by atoms with Crippen LogP contribution in [0.5, 0.6) is 0 Å². The van der Waals surface area contributed by atoms with Crippen LogP contribution in [0.25, 0.3) is 0 Å². The predicted octanol–water partition coefficient (Wildman–Crippen LogP) is -1.40. The van der Waals surface area contributed by atoms with Crippen LogP contribution in [-0.4, -0.2) is 60.6 Å². The highest BCUT2D eigenvalue weighted by atomic mass is 32.2. The first-order valence-electron chi connectivity index (χ1n) is 8.23. The maximum absolute atomic E-state index is 12.5. The van der Waals surface area contributed by atoms with Gasteiger partial charge in [0.25, 0.3) is 10.2 Å².